The molecule has 4 aromatic rings. The number of ketones is 1. The number of aromatic amines is 1. The summed E-state index contributed by atoms with van der Waals surface area (Å²) in [6.45, 7) is 0. The van der Waals surface area contributed by atoms with E-state index in [2.05, 4.69) is 29.9 Å². The third-order valence-corrected chi connectivity index (χ3v) is 6.26. The zero-order chi connectivity index (χ0) is 21.9. The second-order valence-corrected chi connectivity index (χ2v) is 8.44. The number of H-pyrrole nitrogens is 1. The van der Waals surface area contributed by atoms with Crippen molar-refractivity contribution in [2.75, 3.05) is 0 Å². The van der Waals surface area contributed by atoms with Crippen LogP contribution in [0.2, 0.25) is 0 Å². The van der Waals surface area contributed by atoms with Crippen LogP contribution in [0.5, 0.6) is 0 Å². The predicted octanol–water partition coefficient (Wildman–Crippen LogP) is 4.57. The van der Waals surface area contributed by atoms with Gasteiger partial charge in [0.2, 0.25) is 0 Å². The van der Waals surface area contributed by atoms with E-state index in [-0.39, 0.29) is 11.6 Å². The molecule has 4 aromatic heterocycles. The van der Waals surface area contributed by atoms with Crippen LogP contribution in [-0.4, -0.2) is 35.7 Å². The summed E-state index contributed by atoms with van der Waals surface area (Å²) in [5.74, 6) is 0.824. The van der Waals surface area contributed by atoms with Crippen LogP contribution in [0.25, 0.3) is 22.4 Å². The molecule has 32 heavy (non-hydrogen) atoms. The van der Waals surface area contributed by atoms with E-state index in [9.17, 15) is 9.18 Å². The van der Waals surface area contributed by atoms with Crippen molar-refractivity contribution in [1.29, 1.82) is 0 Å². The molecule has 0 aromatic carbocycles. The molecular weight excluding hydrogens is 407 g/mol. The molecule has 1 saturated carbocycles. The average Bonchev–Trinajstić information content (AvgIpc) is 3.26. The van der Waals surface area contributed by atoms with Crippen molar-refractivity contribution in [3.63, 3.8) is 0 Å². The van der Waals surface area contributed by atoms with E-state index in [1.165, 1.54) is 12.5 Å². The summed E-state index contributed by atoms with van der Waals surface area (Å²) in [5.41, 5.74) is 2.58. The standard InChI is InChI=1S/C24H23FN6O/c25-20-13-29-24(19-12-28-23-18(19)11-27-14-30-23)31-21(20)9-15-2-1-3-16(8-15)10-22(32)17-4-6-26-7-5-17/h4-7,11-16H,1-3,8-10H2,(H,27,28,30)/t15-,16+/m1/s1. The zero-order valence-electron chi connectivity index (χ0n) is 17.5. The van der Waals surface area contributed by atoms with Crippen molar-refractivity contribution < 1.29 is 9.18 Å². The van der Waals surface area contributed by atoms with Crippen molar-refractivity contribution in [3.8, 4) is 11.4 Å². The lowest BCUT2D eigenvalue weighted by Gasteiger charge is -2.28. The number of Topliss-reactive ketones (excluding diaryl/α,β-unsaturated/α-hetero) is 1. The second kappa shape index (κ2) is 8.90. The summed E-state index contributed by atoms with van der Waals surface area (Å²) >= 11 is 0. The fourth-order valence-corrected chi connectivity index (χ4v) is 4.68. The highest BCUT2D eigenvalue weighted by Gasteiger charge is 2.26. The molecule has 8 heteroatoms. The van der Waals surface area contributed by atoms with E-state index in [1.807, 2.05) is 0 Å². The highest BCUT2D eigenvalue weighted by Crippen LogP contribution is 2.34. The molecule has 0 radical (unpaired) electrons. The molecule has 1 fully saturated rings. The van der Waals surface area contributed by atoms with Crippen molar-refractivity contribution in [2.45, 2.75) is 38.5 Å². The second-order valence-electron chi connectivity index (χ2n) is 8.44. The molecule has 1 aliphatic carbocycles. The number of carbonyl (C=O) groups is 1. The first-order valence-electron chi connectivity index (χ1n) is 10.9. The molecule has 162 valence electrons. The van der Waals surface area contributed by atoms with Gasteiger partial charge in [-0.05, 0) is 43.2 Å². The first-order chi connectivity index (χ1) is 15.7. The lowest BCUT2D eigenvalue weighted by atomic mass is 9.77. The number of pyridine rings is 1. The Labute approximate surface area is 184 Å². The van der Waals surface area contributed by atoms with Crippen LogP contribution in [-0.2, 0) is 6.42 Å². The molecule has 1 N–H and O–H groups in total. The number of rotatable bonds is 6. The highest BCUT2D eigenvalue weighted by atomic mass is 19.1. The SMILES string of the molecule is O=C(C[C@H]1CCC[C@@H](Cc2nc(-c3c[nH]c4ncncc34)ncc2F)C1)c1ccncc1. The Hall–Kier alpha value is -3.55. The molecule has 4 heterocycles. The summed E-state index contributed by atoms with van der Waals surface area (Å²) in [6.07, 6.45) is 14.5. The molecule has 0 amide bonds. The summed E-state index contributed by atoms with van der Waals surface area (Å²) in [6, 6.07) is 3.52. The summed E-state index contributed by atoms with van der Waals surface area (Å²) in [5, 5.41) is 0.803. The molecule has 2 atom stereocenters. The molecule has 0 unspecified atom stereocenters. The van der Waals surface area contributed by atoms with Gasteiger partial charge < -0.3 is 4.98 Å². The topological polar surface area (TPSA) is 97.3 Å². The Morgan fingerprint density at radius 1 is 1.09 bits per heavy atom. The van der Waals surface area contributed by atoms with E-state index >= 15 is 0 Å². The van der Waals surface area contributed by atoms with Gasteiger partial charge in [-0.25, -0.2) is 24.3 Å². The van der Waals surface area contributed by atoms with Crippen molar-refractivity contribution in [3.05, 3.63) is 66.5 Å². The number of halogens is 1. The minimum atomic E-state index is -0.389. The molecule has 5 rings (SSSR count). The quantitative estimate of drug-likeness (QED) is 0.450. The number of hydrogen-bond acceptors (Lipinski definition) is 6. The Kier molecular flexibility index (Phi) is 5.66. The number of carbonyl (C=O) groups excluding carboxylic acids is 1. The third kappa shape index (κ3) is 4.26. The van der Waals surface area contributed by atoms with Gasteiger partial charge in [0, 0.05) is 47.7 Å². The Morgan fingerprint density at radius 2 is 1.94 bits per heavy atom. The molecule has 7 nitrogen and oxygen atoms in total. The van der Waals surface area contributed by atoms with E-state index in [0.717, 1.165) is 36.6 Å². The normalized spacial score (nSPS) is 18.7. The van der Waals surface area contributed by atoms with E-state index in [4.69, 9.17) is 0 Å². The van der Waals surface area contributed by atoms with Gasteiger partial charge in [0.15, 0.2) is 17.4 Å². The minimum absolute atomic E-state index is 0.148. The van der Waals surface area contributed by atoms with Crippen molar-refractivity contribution in [2.24, 2.45) is 11.8 Å². The maximum Gasteiger partial charge on any atom is 0.163 e. The van der Waals surface area contributed by atoms with Crippen LogP contribution in [0.15, 0.2) is 49.4 Å². The monoisotopic (exact) mass is 430 g/mol. The van der Waals surface area contributed by atoms with Gasteiger partial charge in [-0.3, -0.25) is 9.78 Å². The fourth-order valence-electron chi connectivity index (χ4n) is 4.68. The Bertz CT molecular complexity index is 1240. The zero-order valence-corrected chi connectivity index (χ0v) is 17.5. The van der Waals surface area contributed by atoms with Gasteiger partial charge >= 0.3 is 0 Å². The molecule has 0 saturated heterocycles. The molecule has 0 bridgehead atoms. The van der Waals surface area contributed by atoms with E-state index in [1.54, 1.807) is 36.9 Å². The van der Waals surface area contributed by atoms with Gasteiger partial charge in [-0.15, -0.1) is 0 Å². The number of nitrogens with one attached hydrogen (secondary N) is 1. The number of aromatic nitrogens is 6. The first-order valence-corrected chi connectivity index (χ1v) is 10.9. The Balaban J connectivity index is 1.30. The van der Waals surface area contributed by atoms with Gasteiger partial charge in [-0.1, -0.05) is 12.8 Å². The van der Waals surface area contributed by atoms with Gasteiger partial charge in [0.05, 0.1) is 11.9 Å². The van der Waals surface area contributed by atoms with Crippen LogP contribution in [0.1, 0.15) is 48.2 Å². The third-order valence-electron chi connectivity index (χ3n) is 6.26. The van der Waals surface area contributed by atoms with Gasteiger partial charge in [-0.2, -0.15) is 0 Å². The summed E-state index contributed by atoms with van der Waals surface area (Å²) in [4.78, 5) is 36.7. The molecule has 0 spiro atoms. The smallest absolute Gasteiger partial charge is 0.163 e. The molecule has 1 aliphatic rings. The average molecular weight is 430 g/mol. The van der Waals surface area contributed by atoms with E-state index in [0.29, 0.717) is 47.4 Å². The first kappa shape index (κ1) is 20.4. The lowest BCUT2D eigenvalue weighted by molar-refractivity contribution is 0.0939. The van der Waals surface area contributed by atoms with Crippen LogP contribution >= 0.6 is 0 Å². The minimum Gasteiger partial charge on any atom is -0.345 e. The predicted molar refractivity (Wildman–Crippen MR) is 117 cm³/mol. The fraction of sp³-hybridized carbons (Fsp3) is 0.333. The van der Waals surface area contributed by atoms with Crippen LogP contribution in [0, 0.1) is 17.7 Å². The largest absolute Gasteiger partial charge is 0.345 e. The van der Waals surface area contributed by atoms with Crippen LogP contribution in [0.4, 0.5) is 4.39 Å². The van der Waals surface area contributed by atoms with E-state index < -0.39 is 0 Å². The van der Waals surface area contributed by atoms with Crippen molar-refractivity contribution in [1.82, 2.24) is 29.9 Å². The maximum atomic E-state index is 14.6. The number of nitrogens with zero attached hydrogens (tertiary/aromatic N) is 5. The van der Waals surface area contributed by atoms with Crippen LogP contribution in [0.3, 0.4) is 0 Å². The Morgan fingerprint density at radius 3 is 2.81 bits per heavy atom. The van der Waals surface area contributed by atoms with Crippen molar-refractivity contribution >= 4 is 16.8 Å². The summed E-state index contributed by atoms with van der Waals surface area (Å²) in [7, 11) is 0. The molecule has 0 aliphatic heterocycles. The summed E-state index contributed by atoms with van der Waals surface area (Å²) < 4.78 is 14.6. The van der Waals surface area contributed by atoms with Gasteiger partial charge in [0.25, 0.3) is 0 Å². The lowest BCUT2D eigenvalue weighted by Crippen LogP contribution is -2.21. The number of fused-ring (bicyclic) bond motifs is 1. The number of hydrogen-bond donors (Lipinski definition) is 1. The molecular formula is C24H23FN6O. The highest BCUT2D eigenvalue weighted by molar-refractivity contribution is 5.96. The maximum absolute atomic E-state index is 14.6. The van der Waals surface area contributed by atoms with Crippen LogP contribution < -0.4 is 0 Å². The van der Waals surface area contributed by atoms with Gasteiger partial charge in [0.1, 0.15) is 12.0 Å².